The summed E-state index contributed by atoms with van der Waals surface area (Å²) in [5.74, 6) is -3.60. The van der Waals surface area contributed by atoms with E-state index in [1.54, 1.807) is 13.8 Å². The summed E-state index contributed by atoms with van der Waals surface area (Å²) in [6, 6.07) is -4.40. The second-order valence-corrected chi connectivity index (χ2v) is 7.31. The fraction of sp³-hybridized carbons (Fsp3) is 0.765. The van der Waals surface area contributed by atoms with Crippen molar-refractivity contribution in [1.82, 2.24) is 16.0 Å². The fourth-order valence-electron chi connectivity index (χ4n) is 2.36. The van der Waals surface area contributed by atoms with Crippen molar-refractivity contribution in [2.45, 2.75) is 57.3 Å². The van der Waals surface area contributed by atoms with Gasteiger partial charge >= 0.3 is 5.97 Å². The van der Waals surface area contributed by atoms with E-state index in [9.17, 15) is 19.2 Å². The Hall–Kier alpha value is -1.89. The third kappa shape index (κ3) is 9.92. The van der Waals surface area contributed by atoms with E-state index >= 15 is 0 Å². The highest BCUT2D eigenvalue weighted by atomic mass is 32.1. The van der Waals surface area contributed by atoms with E-state index in [4.69, 9.17) is 21.7 Å². The molecule has 11 nitrogen and oxygen atoms in total. The van der Waals surface area contributed by atoms with Crippen molar-refractivity contribution in [3.05, 3.63) is 0 Å². The van der Waals surface area contributed by atoms with Crippen molar-refractivity contribution in [3.8, 4) is 0 Å². The van der Waals surface area contributed by atoms with Crippen LogP contribution in [0.5, 0.6) is 0 Å². The van der Waals surface area contributed by atoms with Crippen molar-refractivity contribution in [2.24, 2.45) is 17.4 Å². The van der Waals surface area contributed by atoms with Crippen LogP contribution in [-0.2, 0) is 19.2 Å². The first kappa shape index (κ1) is 27.1. The lowest BCUT2D eigenvalue weighted by Gasteiger charge is -2.26. The maximum atomic E-state index is 12.7. The predicted octanol–water partition coefficient (Wildman–Crippen LogP) is -2.44. The lowest BCUT2D eigenvalue weighted by molar-refractivity contribution is -0.143. The molecule has 0 saturated carbocycles. The average molecular weight is 436 g/mol. The zero-order chi connectivity index (χ0) is 22.6. The highest BCUT2D eigenvalue weighted by molar-refractivity contribution is 7.80. The number of carbonyl (C=O) groups excluding carboxylic acids is 3. The van der Waals surface area contributed by atoms with E-state index in [1.165, 1.54) is 0 Å². The Kier molecular flexibility index (Phi) is 13.2. The molecule has 12 heteroatoms. The largest absolute Gasteiger partial charge is 0.480 e. The lowest BCUT2D eigenvalue weighted by Crippen LogP contribution is -2.58. The molecular weight excluding hydrogens is 402 g/mol. The van der Waals surface area contributed by atoms with Gasteiger partial charge < -0.3 is 37.6 Å². The highest BCUT2D eigenvalue weighted by Crippen LogP contribution is 2.07. The van der Waals surface area contributed by atoms with Gasteiger partial charge in [-0.15, -0.1) is 0 Å². The molecule has 0 bridgehead atoms. The summed E-state index contributed by atoms with van der Waals surface area (Å²) in [6.45, 7) is 2.96. The maximum absolute atomic E-state index is 12.7. The molecule has 0 aliphatic rings. The van der Waals surface area contributed by atoms with Gasteiger partial charge in [-0.1, -0.05) is 13.8 Å². The van der Waals surface area contributed by atoms with E-state index in [0.29, 0.717) is 19.4 Å². The number of unbranched alkanes of at least 4 members (excludes halogenated alkanes) is 1. The van der Waals surface area contributed by atoms with E-state index in [1.807, 2.05) is 0 Å². The summed E-state index contributed by atoms with van der Waals surface area (Å²) >= 11 is 3.96. The monoisotopic (exact) mass is 435 g/mol. The number of carbonyl (C=O) groups is 4. The second-order valence-electron chi connectivity index (χ2n) is 6.95. The SMILES string of the molecule is CC(C)C(NC(=O)C(CCCCN)NC(=O)C(N)CS)C(=O)NC(CO)C(=O)O. The number of aliphatic hydroxyl groups is 1. The predicted molar refractivity (Wildman–Crippen MR) is 110 cm³/mol. The smallest absolute Gasteiger partial charge is 0.328 e. The molecule has 0 spiro atoms. The van der Waals surface area contributed by atoms with Crippen molar-refractivity contribution < 1.29 is 29.4 Å². The standard InChI is InChI=1S/C17H33N5O6S/c1-9(2)13(16(26)21-12(7-23)17(27)28)22-15(25)11(5-3-4-6-18)20-14(24)10(19)8-29/h9-13,23,29H,3-8,18-19H2,1-2H3,(H,20,24)(H,21,26)(H,22,25)(H,27,28). The Morgan fingerprint density at radius 2 is 1.55 bits per heavy atom. The number of nitrogens with two attached hydrogens (primary N) is 2. The first-order valence-corrected chi connectivity index (χ1v) is 10.0. The van der Waals surface area contributed by atoms with Gasteiger partial charge in [0.2, 0.25) is 17.7 Å². The Morgan fingerprint density at radius 3 is 2.00 bits per heavy atom. The highest BCUT2D eigenvalue weighted by Gasteiger charge is 2.31. The molecule has 4 atom stereocenters. The van der Waals surface area contributed by atoms with E-state index in [0.717, 1.165) is 0 Å². The Labute approximate surface area is 175 Å². The number of carboxylic acids is 1. The molecule has 0 aromatic rings. The molecular formula is C17H33N5O6S. The normalized spacial score (nSPS) is 15.1. The number of hydrogen-bond donors (Lipinski definition) is 8. The number of rotatable bonds is 14. The Bertz CT molecular complexity index is 562. The minimum atomic E-state index is -1.49. The summed E-state index contributed by atoms with van der Waals surface area (Å²) in [6.07, 6.45) is 1.49. The molecule has 0 radical (unpaired) electrons. The number of aliphatic hydroxyl groups excluding tert-OH is 1. The van der Waals surface area contributed by atoms with Crippen molar-refractivity contribution >= 4 is 36.3 Å². The molecule has 0 aromatic heterocycles. The Balaban J connectivity index is 5.27. The van der Waals surface area contributed by atoms with Gasteiger partial charge in [0.15, 0.2) is 0 Å². The zero-order valence-electron chi connectivity index (χ0n) is 16.8. The quantitative estimate of drug-likeness (QED) is 0.109. The molecule has 0 aliphatic heterocycles. The third-order valence-electron chi connectivity index (χ3n) is 4.16. The van der Waals surface area contributed by atoms with Crippen LogP contribution < -0.4 is 27.4 Å². The van der Waals surface area contributed by atoms with E-state index in [2.05, 4.69) is 28.6 Å². The number of thiol groups is 1. The lowest BCUT2D eigenvalue weighted by atomic mass is 10.0. The number of amides is 3. The molecule has 0 saturated heterocycles. The van der Waals surface area contributed by atoms with Gasteiger partial charge in [-0.05, 0) is 31.7 Å². The van der Waals surface area contributed by atoms with Gasteiger partial charge in [0, 0.05) is 5.75 Å². The van der Waals surface area contributed by atoms with Crippen LogP contribution in [0.4, 0.5) is 0 Å². The topological polar surface area (TPSA) is 197 Å². The molecule has 3 amide bonds. The first-order valence-electron chi connectivity index (χ1n) is 9.40. The van der Waals surface area contributed by atoms with Gasteiger partial charge in [-0.3, -0.25) is 14.4 Å². The minimum Gasteiger partial charge on any atom is -0.480 e. The summed E-state index contributed by atoms with van der Waals surface area (Å²) in [5.41, 5.74) is 11.1. The minimum absolute atomic E-state index is 0.0950. The van der Waals surface area contributed by atoms with Crippen LogP contribution in [0.15, 0.2) is 0 Å². The van der Waals surface area contributed by atoms with Crippen molar-refractivity contribution in [2.75, 3.05) is 18.9 Å². The molecule has 0 aliphatic carbocycles. The molecule has 168 valence electrons. The third-order valence-corrected chi connectivity index (χ3v) is 4.55. The van der Waals surface area contributed by atoms with Gasteiger partial charge in [-0.25, -0.2) is 4.79 Å². The van der Waals surface area contributed by atoms with Gasteiger partial charge in [0.1, 0.15) is 18.1 Å². The summed E-state index contributed by atoms with van der Waals surface area (Å²) in [7, 11) is 0. The van der Waals surface area contributed by atoms with Crippen LogP contribution in [0.2, 0.25) is 0 Å². The molecule has 0 heterocycles. The van der Waals surface area contributed by atoms with E-state index in [-0.39, 0.29) is 18.1 Å². The van der Waals surface area contributed by atoms with Crippen LogP contribution in [-0.4, -0.2) is 77.0 Å². The van der Waals surface area contributed by atoms with Crippen LogP contribution in [0, 0.1) is 5.92 Å². The maximum Gasteiger partial charge on any atom is 0.328 e. The molecule has 4 unspecified atom stereocenters. The van der Waals surface area contributed by atoms with Crippen LogP contribution in [0.1, 0.15) is 33.1 Å². The second kappa shape index (κ2) is 14.1. The zero-order valence-corrected chi connectivity index (χ0v) is 17.7. The first-order chi connectivity index (χ1) is 13.6. The van der Waals surface area contributed by atoms with Crippen LogP contribution in [0.3, 0.4) is 0 Å². The van der Waals surface area contributed by atoms with Gasteiger partial charge in [-0.2, -0.15) is 12.6 Å². The number of nitrogens with one attached hydrogen (secondary N) is 3. The van der Waals surface area contributed by atoms with Crippen molar-refractivity contribution in [3.63, 3.8) is 0 Å². The van der Waals surface area contributed by atoms with Gasteiger partial charge in [0.25, 0.3) is 0 Å². The Morgan fingerprint density at radius 1 is 0.966 bits per heavy atom. The van der Waals surface area contributed by atoms with Gasteiger partial charge in [0.05, 0.1) is 12.6 Å². The fourth-order valence-corrected chi connectivity index (χ4v) is 2.52. The van der Waals surface area contributed by atoms with E-state index < -0.39 is 54.5 Å². The molecule has 0 fully saturated rings. The molecule has 0 aromatic carbocycles. The molecule has 9 N–H and O–H groups in total. The van der Waals surface area contributed by atoms with Crippen LogP contribution in [0.25, 0.3) is 0 Å². The molecule has 0 rings (SSSR count). The summed E-state index contributed by atoms with van der Waals surface area (Å²) in [4.78, 5) is 48.2. The summed E-state index contributed by atoms with van der Waals surface area (Å²) in [5, 5.41) is 25.3. The van der Waals surface area contributed by atoms with Crippen molar-refractivity contribution in [1.29, 1.82) is 0 Å². The number of carboxylic acid groups (broad SMARTS) is 1. The van der Waals surface area contributed by atoms with Crippen LogP contribution >= 0.6 is 12.6 Å². The number of hydrogen-bond acceptors (Lipinski definition) is 8. The molecule has 29 heavy (non-hydrogen) atoms. The average Bonchev–Trinajstić information content (AvgIpc) is 2.67. The number of aliphatic carboxylic acids is 1. The summed E-state index contributed by atoms with van der Waals surface area (Å²) < 4.78 is 0.